The molecule has 2 aromatic heterocycles. The second-order valence-corrected chi connectivity index (χ2v) is 7.25. The third-order valence-electron chi connectivity index (χ3n) is 4.83. The summed E-state index contributed by atoms with van der Waals surface area (Å²) in [5.41, 5.74) is 4.80. The van der Waals surface area contributed by atoms with Crippen LogP contribution in [0.15, 0.2) is 67.0 Å². The zero-order valence-corrected chi connectivity index (χ0v) is 16.8. The Morgan fingerprint density at radius 3 is 2.53 bits per heavy atom. The quantitative estimate of drug-likeness (QED) is 0.525. The van der Waals surface area contributed by atoms with Crippen LogP contribution in [0.3, 0.4) is 0 Å². The van der Waals surface area contributed by atoms with Crippen LogP contribution in [-0.4, -0.2) is 25.5 Å². The van der Waals surface area contributed by atoms with E-state index in [1.165, 1.54) is 6.07 Å². The van der Waals surface area contributed by atoms with Gasteiger partial charge in [-0.2, -0.15) is 10.2 Å². The van der Waals surface area contributed by atoms with Crippen molar-refractivity contribution in [1.29, 1.82) is 0 Å². The van der Waals surface area contributed by atoms with Crippen molar-refractivity contribution >= 4 is 11.6 Å². The molecule has 0 atom stereocenters. The number of nitrogens with one attached hydrogen (secondary N) is 1. The van der Waals surface area contributed by atoms with Crippen LogP contribution in [-0.2, 0) is 13.1 Å². The maximum atomic E-state index is 13.8. The number of halogens is 1. The van der Waals surface area contributed by atoms with Crippen LogP contribution in [0.5, 0.6) is 0 Å². The summed E-state index contributed by atoms with van der Waals surface area (Å²) >= 11 is 0. The van der Waals surface area contributed by atoms with Gasteiger partial charge in [0.1, 0.15) is 5.82 Å². The molecule has 4 rings (SSSR count). The first-order chi connectivity index (χ1) is 14.5. The molecule has 152 valence electrons. The molecule has 1 N–H and O–H groups in total. The Morgan fingerprint density at radius 1 is 1.07 bits per heavy atom. The van der Waals surface area contributed by atoms with Gasteiger partial charge in [0.05, 0.1) is 30.7 Å². The van der Waals surface area contributed by atoms with Crippen molar-refractivity contribution in [1.82, 2.24) is 19.6 Å². The molecule has 0 aliphatic carbocycles. The molecule has 0 bridgehead atoms. The number of carbonyl (C=O) groups is 1. The fraction of sp³-hybridized carbons (Fsp3) is 0.174. The van der Waals surface area contributed by atoms with E-state index in [9.17, 15) is 9.18 Å². The fourth-order valence-corrected chi connectivity index (χ4v) is 3.29. The minimum atomic E-state index is -0.279. The van der Waals surface area contributed by atoms with E-state index in [0.717, 1.165) is 17.0 Å². The standard InChI is InChI=1S/C23H22FN5O/c1-16-11-17(2)29(27-16)13-18-7-9-19(10-8-18)23(30)26-21-12-25-28(15-21)14-20-5-3-4-6-22(20)24/h3-12,15H,13-14H2,1-2H3,(H,26,30). The number of hydrogen-bond donors (Lipinski definition) is 1. The number of carbonyl (C=O) groups excluding carboxylic acids is 1. The van der Waals surface area contributed by atoms with Gasteiger partial charge in [0.2, 0.25) is 0 Å². The molecule has 0 aliphatic heterocycles. The van der Waals surface area contributed by atoms with E-state index < -0.39 is 0 Å². The zero-order valence-electron chi connectivity index (χ0n) is 16.8. The van der Waals surface area contributed by atoms with Gasteiger partial charge in [0, 0.05) is 23.0 Å². The summed E-state index contributed by atoms with van der Waals surface area (Å²) in [5, 5.41) is 11.5. The first-order valence-electron chi connectivity index (χ1n) is 9.65. The minimum absolute atomic E-state index is 0.224. The van der Waals surface area contributed by atoms with Crippen LogP contribution in [0.1, 0.15) is 32.9 Å². The van der Waals surface area contributed by atoms with Crippen molar-refractivity contribution in [3.05, 3.63) is 101 Å². The van der Waals surface area contributed by atoms with Gasteiger partial charge >= 0.3 is 0 Å². The lowest BCUT2D eigenvalue weighted by molar-refractivity contribution is 0.102. The highest BCUT2D eigenvalue weighted by molar-refractivity contribution is 6.04. The molecular weight excluding hydrogens is 381 g/mol. The summed E-state index contributed by atoms with van der Waals surface area (Å²) < 4.78 is 17.3. The molecule has 0 spiro atoms. The smallest absolute Gasteiger partial charge is 0.255 e. The lowest BCUT2D eigenvalue weighted by Gasteiger charge is -2.07. The summed E-state index contributed by atoms with van der Waals surface area (Å²) in [5.74, 6) is -0.503. The Bertz CT molecular complexity index is 1180. The molecular formula is C23H22FN5O. The molecule has 0 saturated heterocycles. The Labute approximate surface area is 174 Å². The first-order valence-corrected chi connectivity index (χ1v) is 9.65. The summed E-state index contributed by atoms with van der Waals surface area (Å²) in [6.45, 7) is 4.94. The van der Waals surface area contributed by atoms with Crippen LogP contribution >= 0.6 is 0 Å². The van der Waals surface area contributed by atoms with Crippen LogP contribution in [0, 0.1) is 19.7 Å². The zero-order chi connectivity index (χ0) is 21.1. The number of nitrogens with zero attached hydrogens (tertiary/aromatic N) is 4. The molecule has 4 aromatic rings. The summed E-state index contributed by atoms with van der Waals surface area (Å²) in [4.78, 5) is 12.5. The highest BCUT2D eigenvalue weighted by Crippen LogP contribution is 2.14. The Balaban J connectivity index is 1.39. The van der Waals surface area contributed by atoms with Crippen molar-refractivity contribution in [2.24, 2.45) is 0 Å². The predicted octanol–water partition coefficient (Wildman–Crippen LogP) is 4.18. The number of benzene rings is 2. The van der Waals surface area contributed by atoms with Crippen LogP contribution in [0.4, 0.5) is 10.1 Å². The monoisotopic (exact) mass is 403 g/mol. The molecule has 0 unspecified atom stereocenters. The van der Waals surface area contributed by atoms with Crippen molar-refractivity contribution < 1.29 is 9.18 Å². The lowest BCUT2D eigenvalue weighted by Crippen LogP contribution is -2.12. The molecule has 6 nitrogen and oxygen atoms in total. The fourth-order valence-electron chi connectivity index (χ4n) is 3.29. The largest absolute Gasteiger partial charge is 0.319 e. The van der Waals surface area contributed by atoms with Gasteiger partial charge in [-0.15, -0.1) is 0 Å². The highest BCUT2D eigenvalue weighted by Gasteiger charge is 2.10. The summed E-state index contributed by atoms with van der Waals surface area (Å²) in [6, 6.07) is 16.0. The van der Waals surface area contributed by atoms with Crippen molar-refractivity contribution in [3.63, 3.8) is 0 Å². The van der Waals surface area contributed by atoms with Crippen molar-refractivity contribution in [2.45, 2.75) is 26.9 Å². The Morgan fingerprint density at radius 2 is 1.83 bits per heavy atom. The highest BCUT2D eigenvalue weighted by atomic mass is 19.1. The van der Waals surface area contributed by atoms with E-state index in [2.05, 4.69) is 15.5 Å². The number of hydrogen-bond acceptors (Lipinski definition) is 3. The number of aromatic nitrogens is 4. The molecule has 2 heterocycles. The van der Waals surface area contributed by atoms with Gasteiger partial charge in [-0.25, -0.2) is 4.39 Å². The third-order valence-corrected chi connectivity index (χ3v) is 4.83. The number of rotatable bonds is 6. The van der Waals surface area contributed by atoms with Crippen LogP contribution in [0.25, 0.3) is 0 Å². The van der Waals surface area contributed by atoms with E-state index in [1.54, 1.807) is 47.4 Å². The van der Waals surface area contributed by atoms with Crippen LogP contribution in [0.2, 0.25) is 0 Å². The van der Waals surface area contributed by atoms with E-state index in [-0.39, 0.29) is 11.7 Å². The van der Waals surface area contributed by atoms with E-state index in [0.29, 0.717) is 29.9 Å². The van der Waals surface area contributed by atoms with Gasteiger partial charge in [-0.05, 0) is 43.7 Å². The number of amides is 1. The third kappa shape index (κ3) is 4.46. The maximum absolute atomic E-state index is 13.8. The topological polar surface area (TPSA) is 64.7 Å². The Kier molecular flexibility index (Phi) is 5.43. The van der Waals surface area contributed by atoms with E-state index >= 15 is 0 Å². The van der Waals surface area contributed by atoms with E-state index in [1.807, 2.05) is 36.7 Å². The van der Waals surface area contributed by atoms with Gasteiger partial charge in [-0.3, -0.25) is 14.2 Å². The molecule has 2 aromatic carbocycles. The minimum Gasteiger partial charge on any atom is -0.319 e. The average molecular weight is 403 g/mol. The molecule has 0 saturated carbocycles. The van der Waals surface area contributed by atoms with Gasteiger partial charge in [0.25, 0.3) is 5.91 Å². The molecule has 7 heteroatoms. The summed E-state index contributed by atoms with van der Waals surface area (Å²) in [7, 11) is 0. The first kappa shape index (κ1) is 19.6. The van der Waals surface area contributed by atoms with Crippen LogP contribution < -0.4 is 5.32 Å². The van der Waals surface area contributed by atoms with Crippen molar-refractivity contribution in [2.75, 3.05) is 5.32 Å². The number of anilines is 1. The predicted molar refractivity (Wildman–Crippen MR) is 113 cm³/mol. The van der Waals surface area contributed by atoms with Gasteiger partial charge in [-0.1, -0.05) is 30.3 Å². The second-order valence-electron chi connectivity index (χ2n) is 7.25. The molecule has 0 aliphatic rings. The second kappa shape index (κ2) is 8.32. The van der Waals surface area contributed by atoms with E-state index in [4.69, 9.17) is 0 Å². The average Bonchev–Trinajstić information content (AvgIpc) is 3.29. The molecule has 30 heavy (non-hydrogen) atoms. The van der Waals surface area contributed by atoms with Crippen molar-refractivity contribution in [3.8, 4) is 0 Å². The van der Waals surface area contributed by atoms with Gasteiger partial charge < -0.3 is 5.32 Å². The normalized spacial score (nSPS) is 10.9. The Hall–Kier alpha value is -3.74. The maximum Gasteiger partial charge on any atom is 0.255 e. The number of aryl methyl sites for hydroxylation is 2. The molecule has 1 amide bonds. The SMILES string of the molecule is Cc1cc(C)n(Cc2ccc(C(=O)Nc3cnn(Cc4ccccc4F)c3)cc2)n1. The molecule has 0 fully saturated rings. The van der Waals surface area contributed by atoms with Gasteiger partial charge in [0.15, 0.2) is 0 Å². The lowest BCUT2D eigenvalue weighted by atomic mass is 10.1. The molecule has 0 radical (unpaired) electrons. The summed E-state index contributed by atoms with van der Waals surface area (Å²) in [6.07, 6.45) is 3.23.